The van der Waals surface area contributed by atoms with Gasteiger partial charge in [0.1, 0.15) is 5.78 Å². The summed E-state index contributed by atoms with van der Waals surface area (Å²) in [6, 6.07) is 2.00. The number of likely N-dealkylation sites (tertiary alicyclic amines) is 1. The van der Waals surface area contributed by atoms with Gasteiger partial charge in [-0.25, -0.2) is 0 Å². The number of carbonyl (C=O) groups is 1. The zero-order valence-electron chi connectivity index (χ0n) is 17.5. The SMILES string of the molecule is CCC(C)N1[C@H](C)CN(CC2CCN(CC(=O)C(C)C)CC2)C[C@H]1C. The fourth-order valence-corrected chi connectivity index (χ4v) is 4.77. The predicted molar refractivity (Wildman–Crippen MR) is 106 cm³/mol. The van der Waals surface area contributed by atoms with Gasteiger partial charge in [-0.3, -0.25) is 19.5 Å². The topological polar surface area (TPSA) is 26.8 Å². The van der Waals surface area contributed by atoms with Crippen LogP contribution in [0.1, 0.15) is 60.8 Å². The Bertz CT molecular complexity index is 405. The maximum atomic E-state index is 11.9. The minimum absolute atomic E-state index is 0.169. The molecule has 2 rings (SSSR count). The number of Topliss-reactive ketones (excluding diaryl/α,β-unsaturated/α-hetero) is 1. The van der Waals surface area contributed by atoms with E-state index in [0.29, 0.717) is 30.5 Å². The molecule has 0 aromatic rings. The minimum Gasteiger partial charge on any atom is -0.300 e. The first-order valence-corrected chi connectivity index (χ1v) is 10.6. The van der Waals surface area contributed by atoms with Crippen molar-refractivity contribution >= 4 is 5.78 Å². The standard InChI is InChI=1S/C21H41N3O/c1-7-17(4)24-18(5)12-23(13-19(24)6)14-20-8-10-22(11-9-20)15-21(25)16(2)3/h16-20H,7-15H2,1-6H3/t17?,18-,19-/m1/s1. The lowest BCUT2D eigenvalue weighted by molar-refractivity contribution is -0.123. The van der Waals surface area contributed by atoms with Gasteiger partial charge in [-0.15, -0.1) is 0 Å². The maximum Gasteiger partial charge on any atom is 0.149 e. The monoisotopic (exact) mass is 351 g/mol. The molecule has 146 valence electrons. The molecule has 3 atom stereocenters. The van der Waals surface area contributed by atoms with E-state index < -0.39 is 0 Å². The molecule has 0 spiro atoms. The molecule has 2 saturated heterocycles. The van der Waals surface area contributed by atoms with Crippen molar-refractivity contribution in [3.05, 3.63) is 0 Å². The Morgan fingerprint density at radius 2 is 1.56 bits per heavy atom. The fraction of sp³-hybridized carbons (Fsp3) is 0.952. The van der Waals surface area contributed by atoms with Crippen molar-refractivity contribution in [3.8, 4) is 0 Å². The highest BCUT2D eigenvalue weighted by Crippen LogP contribution is 2.24. The summed E-state index contributed by atoms with van der Waals surface area (Å²) < 4.78 is 0. The normalized spacial score (nSPS) is 29.2. The van der Waals surface area contributed by atoms with Crippen molar-refractivity contribution in [2.75, 3.05) is 39.3 Å². The summed E-state index contributed by atoms with van der Waals surface area (Å²) in [5.74, 6) is 1.37. The summed E-state index contributed by atoms with van der Waals surface area (Å²) >= 11 is 0. The van der Waals surface area contributed by atoms with E-state index >= 15 is 0 Å². The highest BCUT2D eigenvalue weighted by Gasteiger charge is 2.33. The van der Waals surface area contributed by atoms with Crippen molar-refractivity contribution in [2.45, 2.75) is 78.9 Å². The zero-order chi connectivity index (χ0) is 18.6. The molecule has 2 fully saturated rings. The van der Waals surface area contributed by atoms with Gasteiger partial charge in [-0.2, -0.15) is 0 Å². The number of carbonyl (C=O) groups excluding carboxylic acids is 1. The molecule has 25 heavy (non-hydrogen) atoms. The summed E-state index contributed by atoms with van der Waals surface area (Å²) in [4.78, 5) is 19.7. The van der Waals surface area contributed by atoms with E-state index in [0.717, 1.165) is 19.0 Å². The van der Waals surface area contributed by atoms with Crippen LogP contribution < -0.4 is 0 Å². The lowest BCUT2D eigenvalue weighted by Gasteiger charge is -2.48. The molecule has 1 unspecified atom stereocenters. The van der Waals surface area contributed by atoms with Gasteiger partial charge in [0.25, 0.3) is 0 Å². The number of ketones is 1. The molecular weight excluding hydrogens is 310 g/mol. The van der Waals surface area contributed by atoms with Crippen LogP contribution in [0.2, 0.25) is 0 Å². The van der Waals surface area contributed by atoms with Gasteiger partial charge in [0.15, 0.2) is 0 Å². The number of hydrogen-bond acceptors (Lipinski definition) is 4. The average Bonchev–Trinajstić information content (AvgIpc) is 2.55. The number of nitrogens with zero attached hydrogens (tertiary/aromatic N) is 3. The number of piperazine rings is 1. The number of hydrogen-bond donors (Lipinski definition) is 0. The molecule has 2 heterocycles. The van der Waals surface area contributed by atoms with Crippen LogP contribution in [-0.4, -0.2) is 77.9 Å². The second kappa shape index (κ2) is 9.48. The van der Waals surface area contributed by atoms with Crippen LogP contribution in [0.25, 0.3) is 0 Å². The molecule has 4 nitrogen and oxygen atoms in total. The molecule has 2 aliphatic heterocycles. The van der Waals surface area contributed by atoms with Gasteiger partial charge in [0, 0.05) is 43.7 Å². The molecule has 0 radical (unpaired) electrons. The summed E-state index contributed by atoms with van der Waals surface area (Å²) in [7, 11) is 0. The van der Waals surface area contributed by atoms with Gasteiger partial charge in [-0.05, 0) is 59.0 Å². The third-order valence-electron chi connectivity index (χ3n) is 6.41. The van der Waals surface area contributed by atoms with Crippen molar-refractivity contribution in [1.29, 1.82) is 0 Å². The van der Waals surface area contributed by atoms with Gasteiger partial charge in [-0.1, -0.05) is 20.8 Å². The Hall–Kier alpha value is -0.450. The second-order valence-corrected chi connectivity index (χ2v) is 8.96. The summed E-state index contributed by atoms with van der Waals surface area (Å²) in [5, 5.41) is 0. The van der Waals surface area contributed by atoms with Gasteiger partial charge >= 0.3 is 0 Å². The van der Waals surface area contributed by atoms with E-state index in [2.05, 4.69) is 42.4 Å². The summed E-state index contributed by atoms with van der Waals surface area (Å²) in [5.41, 5.74) is 0. The molecule has 2 aliphatic rings. The minimum atomic E-state index is 0.169. The number of rotatable bonds is 7. The Morgan fingerprint density at radius 1 is 1.00 bits per heavy atom. The van der Waals surface area contributed by atoms with Crippen molar-refractivity contribution in [3.63, 3.8) is 0 Å². The van der Waals surface area contributed by atoms with E-state index in [9.17, 15) is 4.79 Å². The molecule has 0 aliphatic carbocycles. The predicted octanol–water partition coefficient (Wildman–Crippen LogP) is 3.12. The van der Waals surface area contributed by atoms with Crippen LogP contribution in [0.4, 0.5) is 0 Å². The van der Waals surface area contributed by atoms with Crippen LogP contribution >= 0.6 is 0 Å². The first kappa shape index (κ1) is 20.9. The van der Waals surface area contributed by atoms with E-state index in [1.165, 1.54) is 38.9 Å². The molecule has 0 saturated carbocycles. The van der Waals surface area contributed by atoms with Crippen LogP contribution in [0.15, 0.2) is 0 Å². The largest absolute Gasteiger partial charge is 0.300 e. The average molecular weight is 352 g/mol. The zero-order valence-corrected chi connectivity index (χ0v) is 17.5. The van der Waals surface area contributed by atoms with Crippen molar-refractivity contribution < 1.29 is 4.79 Å². The fourth-order valence-electron chi connectivity index (χ4n) is 4.77. The molecular formula is C21H41N3O. The molecule has 0 amide bonds. The quantitative estimate of drug-likeness (QED) is 0.704. The Morgan fingerprint density at radius 3 is 2.04 bits per heavy atom. The Labute approximate surface area is 155 Å². The van der Waals surface area contributed by atoms with E-state index in [1.54, 1.807) is 0 Å². The Kier molecular flexibility index (Phi) is 7.91. The van der Waals surface area contributed by atoms with Gasteiger partial charge in [0.05, 0.1) is 6.54 Å². The molecule has 0 aromatic heterocycles. The highest BCUT2D eigenvalue weighted by atomic mass is 16.1. The van der Waals surface area contributed by atoms with Crippen LogP contribution in [-0.2, 0) is 4.79 Å². The van der Waals surface area contributed by atoms with Crippen LogP contribution in [0.5, 0.6) is 0 Å². The highest BCUT2D eigenvalue weighted by molar-refractivity contribution is 5.82. The maximum absolute atomic E-state index is 11.9. The van der Waals surface area contributed by atoms with Crippen molar-refractivity contribution in [1.82, 2.24) is 14.7 Å². The first-order valence-electron chi connectivity index (χ1n) is 10.6. The third kappa shape index (κ3) is 5.77. The lowest BCUT2D eigenvalue weighted by Crippen LogP contribution is -2.60. The smallest absolute Gasteiger partial charge is 0.149 e. The van der Waals surface area contributed by atoms with Gasteiger partial charge < -0.3 is 0 Å². The molecule has 4 heteroatoms. The number of piperidine rings is 1. The van der Waals surface area contributed by atoms with E-state index in [4.69, 9.17) is 0 Å². The molecule has 0 aromatic carbocycles. The van der Waals surface area contributed by atoms with Crippen LogP contribution in [0.3, 0.4) is 0 Å². The molecule has 0 N–H and O–H groups in total. The summed E-state index contributed by atoms with van der Waals surface area (Å²) in [6.45, 7) is 20.0. The molecule has 0 bridgehead atoms. The van der Waals surface area contributed by atoms with E-state index in [1.807, 2.05) is 13.8 Å². The third-order valence-corrected chi connectivity index (χ3v) is 6.41. The second-order valence-electron chi connectivity index (χ2n) is 8.96. The van der Waals surface area contributed by atoms with Gasteiger partial charge in [0.2, 0.25) is 0 Å². The summed E-state index contributed by atoms with van der Waals surface area (Å²) in [6.07, 6.45) is 3.74. The van der Waals surface area contributed by atoms with E-state index in [-0.39, 0.29) is 5.92 Å². The van der Waals surface area contributed by atoms with Crippen molar-refractivity contribution in [2.24, 2.45) is 11.8 Å². The van der Waals surface area contributed by atoms with Crippen LogP contribution in [0, 0.1) is 11.8 Å². The Balaban J connectivity index is 1.76. The lowest BCUT2D eigenvalue weighted by atomic mass is 9.94. The first-order chi connectivity index (χ1) is 11.8.